The molecule has 1 amide bonds. The molecule has 1 saturated heterocycles. The molecule has 20 heavy (non-hydrogen) atoms. The van der Waals surface area contributed by atoms with Crippen molar-refractivity contribution in [2.45, 2.75) is 25.8 Å². The van der Waals surface area contributed by atoms with Crippen LogP contribution in [0.3, 0.4) is 0 Å². The van der Waals surface area contributed by atoms with Crippen LogP contribution in [0, 0.1) is 0 Å². The van der Waals surface area contributed by atoms with Gasteiger partial charge >= 0.3 is 0 Å². The number of anilines is 1. The number of carbonyl (C=O) groups is 1. The first-order valence-corrected chi connectivity index (χ1v) is 8.53. The molecule has 7 heteroatoms. The van der Waals surface area contributed by atoms with Crippen LogP contribution < -0.4 is 10.6 Å². The highest BCUT2D eigenvalue weighted by Gasteiger charge is 2.24. The number of nitrogens with one attached hydrogen (secondary N) is 2. The zero-order valence-corrected chi connectivity index (χ0v) is 12.2. The molecule has 0 atom stereocenters. The molecule has 1 fully saturated rings. The number of nitrogens with zero attached hydrogens (tertiary/aromatic N) is 1. The van der Waals surface area contributed by atoms with Gasteiger partial charge in [-0.05, 0) is 31.9 Å². The maximum absolute atomic E-state index is 12.0. The zero-order chi connectivity index (χ0) is 14.6. The first kappa shape index (κ1) is 14.8. The van der Waals surface area contributed by atoms with Crippen molar-refractivity contribution in [2.24, 2.45) is 0 Å². The van der Waals surface area contributed by atoms with Gasteiger partial charge < -0.3 is 10.6 Å². The Labute approximate surface area is 118 Å². The highest BCUT2D eigenvalue weighted by molar-refractivity contribution is 7.91. The van der Waals surface area contributed by atoms with E-state index in [-0.39, 0.29) is 23.5 Å². The topological polar surface area (TPSA) is 88.2 Å². The second-order valence-electron chi connectivity index (χ2n) is 4.86. The number of sulfone groups is 1. The molecule has 0 spiro atoms. The Morgan fingerprint density at radius 3 is 2.60 bits per heavy atom. The molecule has 1 aliphatic rings. The number of hydrogen-bond donors (Lipinski definition) is 2. The van der Waals surface area contributed by atoms with Crippen LogP contribution in [-0.4, -0.2) is 43.4 Å². The van der Waals surface area contributed by atoms with Crippen molar-refractivity contribution in [2.75, 3.05) is 23.4 Å². The number of carbonyl (C=O) groups excluding carboxylic acids is 1. The molecule has 0 bridgehead atoms. The first-order chi connectivity index (χ1) is 9.50. The van der Waals surface area contributed by atoms with Gasteiger partial charge in [-0.1, -0.05) is 0 Å². The summed E-state index contributed by atoms with van der Waals surface area (Å²) in [7, 11) is -2.90. The van der Waals surface area contributed by atoms with E-state index in [0.717, 1.165) is 12.4 Å². The van der Waals surface area contributed by atoms with Crippen molar-refractivity contribution in [3.63, 3.8) is 0 Å². The van der Waals surface area contributed by atoms with Gasteiger partial charge in [0.2, 0.25) is 0 Å². The lowest BCUT2D eigenvalue weighted by molar-refractivity contribution is 0.0934. The third-order valence-electron chi connectivity index (χ3n) is 3.27. The summed E-state index contributed by atoms with van der Waals surface area (Å²) < 4.78 is 22.6. The molecule has 0 radical (unpaired) electrons. The fourth-order valence-electron chi connectivity index (χ4n) is 2.12. The van der Waals surface area contributed by atoms with Crippen molar-refractivity contribution >= 4 is 21.6 Å². The van der Waals surface area contributed by atoms with Crippen LogP contribution in [0.1, 0.15) is 30.1 Å². The fraction of sp³-hybridized carbons (Fsp3) is 0.538. The Hall–Kier alpha value is -1.63. The van der Waals surface area contributed by atoms with E-state index >= 15 is 0 Å². The van der Waals surface area contributed by atoms with E-state index in [1.807, 2.05) is 6.92 Å². The van der Waals surface area contributed by atoms with Gasteiger partial charge in [0.1, 0.15) is 15.7 Å². The van der Waals surface area contributed by atoms with Gasteiger partial charge in [0.15, 0.2) is 0 Å². The Morgan fingerprint density at radius 1 is 1.35 bits per heavy atom. The molecule has 0 unspecified atom stereocenters. The number of rotatable bonds is 4. The van der Waals surface area contributed by atoms with E-state index in [2.05, 4.69) is 15.6 Å². The number of pyridine rings is 1. The lowest BCUT2D eigenvalue weighted by Gasteiger charge is -2.22. The van der Waals surface area contributed by atoms with E-state index in [1.165, 1.54) is 6.20 Å². The molecule has 6 nitrogen and oxygen atoms in total. The summed E-state index contributed by atoms with van der Waals surface area (Å²) >= 11 is 0. The third kappa shape index (κ3) is 3.93. The quantitative estimate of drug-likeness (QED) is 0.859. The van der Waals surface area contributed by atoms with Crippen molar-refractivity contribution in [3.05, 3.63) is 23.9 Å². The predicted molar refractivity (Wildman–Crippen MR) is 77.5 cm³/mol. The Bertz CT molecular complexity index is 555. The van der Waals surface area contributed by atoms with Crippen molar-refractivity contribution < 1.29 is 13.2 Å². The molecule has 2 heterocycles. The zero-order valence-electron chi connectivity index (χ0n) is 11.4. The second-order valence-corrected chi connectivity index (χ2v) is 7.17. The third-order valence-corrected chi connectivity index (χ3v) is 4.99. The van der Waals surface area contributed by atoms with E-state index in [4.69, 9.17) is 0 Å². The van der Waals surface area contributed by atoms with Crippen LogP contribution in [0.4, 0.5) is 5.82 Å². The average molecular weight is 297 g/mol. The molecule has 1 aromatic heterocycles. The van der Waals surface area contributed by atoms with E-state index < -0.39 is 9.84 Å². The van der Waals surface area contributed by atoms with Gasteiger partial charge in [-0.2, -0.15) is 0 Å². The standard InChI is InChI=1S/C13H19N3O3S/c1-2-14-12-4-3-10(9-15-12)13(17)16-11-5-7-20(18,19)8-6-11/h3-4,9,11H,2,5-8H2,1H3,(H,14,15)(H,16,17). The smallest absolute Gasteiger partial charge is 0.253 e. The number of hydrogen-bond acceptors (Lipinski definition) is 5. The lowest BCUT2D eigenvalue weighted by Crippen LogP contribution is -2.40. The highest BCUT2D eigenvalue weighted by Crippen LogP contribution is 2.13. The summed E-state index contributed by atoms with van der Waals surface area (Å²) in [5.74, 6) is 0.822. The van der Waals surface area contributed by atoms with Crippen molar-refractivity contribution in [1.29, 1.82) is 0 Å². The Kier molecular flexibility index (Phi) is 4.59. The van der Waals surface area contributed by atoms with Gasteiger partial charge in [0.05, 0.1) is 17.1 Å². The van der Waals surface area contributed by atoms with Gasteiger partial charge in [0, 0.05) is 18.8 Å². The predicted octanol–water partition coefficient (Wildman–Crippen LogP) is 0.820. The SMILES string of the molecule is CCNc1ccc(C(=O)NC2CCS(=O)(=O)CC2)cn1. The van der Waals surface area contributed by atoms with Crippen LogP contribution in [0.2, 0.25) is 0 Å². The molecule has 0 aliphatic carbocycles. The molecule has 0 aromatic carbocycles. The van der Waals surface area contributed by atoms with Gasteiger partial charge in [-0.3, -0.25) is 4.79 Å². The fourth-order valence-corrected chi connectivity index (χ4v) is 3.61. The summed E-state index contributed by atoms with van der Waals surface area (Å²) in [6, 6.07) is 3.39. The summed E-state index contributed by atoms with van der Waals surface area (Å²) in [4.78, 5) is 16.2. The average Bonchev–Trinajstić information content (AvgIpc) is 2.42. The Balaban J connectivity index is 1.91. The minimum atomic E-state index is -2.90. The molecule has 110 valence electrons. The second kappa shape index (κ2) is 6.21. The molecule has 1 aliphatic heterocycles. The summed E-state index contributed by atoms with van der Waals surface area (Å²) in [5.41, 5.74) is 0.486. The number of amides is 1. The van der Waals surface area contributed by atoms with Crippen LogP contribution in [0.5, 0.6) is 0 Å². The van der Waals surface area contributed by atoms with Gasteiger partial charge in [0.25, 0.3) is 5.91 Å². The minimum absolute atomic E-state index is 0.0699. The minimum Gasteiger partial charge on any atom is -0.370 e. The lowest BCUT2D eigenvalue weighted by atomic mass is 10.1. The molecule has 2 rings (SSSR count). The summed E-state index contributed by atoms with van der Waals surface area (Å²) in [6.07, 6.45) is 2.49. The van der Waals surface area contributed by atoms with Crippen LogP contribution >= 0.6 is 0 Å². The molecule has 1 aromatic rings. The molecule has 2 N–H and O–H groups in total. The van der Waals surface area contributed by atoms with Crippen LogP contribution in [0.15, 0.2) is 18.3 Å². The Morgan fingerprint density at radius 2 is 2.05 bits per heavy atom. The highest BCUT2D eigenvalue weighted by atomic mass is 32.2. The molecular formula is C13H19N3O3S. The monoisotopic (exact) mass is 297 g/mol. The first-order valence-electron chi connectivity index (χ1n) is 6.71. The van der Waals surface area contributed by atoms with Gasteiger partial charge in [-0.25, -0.2) is 13.4 Å². The normalized spacial score (nSPS) is 18.4. The van der Waals surface area contributed by atoms with Gasteiger partial charge in [-0.15, -0.1) is 0 Å². The molecular weight excluding hydrogens is 278 g/mol. The maximum Gasteiger partial charge on any atom is 0.253 e. The largest absolute Gasteiger partial charge is 0.370 e. The van der Waals surface area contributed by atoms with E-state index in [9.17, 15) is 13.2 Å². The van der Waals surface area contributed by atoms with E-state index in [0.29, 0.717) is 18.4 Å². The van der Waals surface area contributed by atoms with Crippen molar-refractivity contribution in [3.8, 4) is 0 Å². The summed E-state index contributed by atoms with van der Waals surface area (Å²) in [5, 5.41) is 5.92. The van der Waals surface area contributed by atoms with E-state index in [1.54, 1.807) is 12.1 Å². The van der Waals surface area contributed by atoms with Crippen LogP contribution in [-0.2, 0) is 9.84 Å². The molecule has 0 saturated carbocycles. The van der Waals surface area contributed by atoms with Crippen LogP contribution in [0.25, 0.3) is 0 Å². The summed E-state index contributed by atoms with van der Waals surface area (Å²) in [6.45, 7) is 2.74. The maximum atomic E-state index is 12.0. The van der Waals surface area contributed by atoms with Crippen molar-refractivity contribution in [1.82, 2.24) is 10.3 Å². The number of aromatic nitrogens is 1.